The van der Waals surface area contributed by atoms with Crippen LogP contribution in [-0.2, 0) is 12.5 Å². The molecule has 218 valence electrons. The van der Waals surface area contributed by atoms with Crippen molar-refractivity contribution in [1.82, 2.24) is 0 Å². The van der Waals surface area contributed by atoms with Crippen LogP contribution in [0.3, 0.4) is 0 Å². The molecule has 0 saturated carbocycles. The Morgan fingerprint density at radius 2 is 1.26 bits per heavy atom. The lowest BCUT2D eigenvalue weighted by molar-refractivity contribution is -0.189. The van der Waals surface area contributed by atoms with Gasteiger partial charge in [-0.3, -0.25) is 0 Å². The highest BCUT2D eigenvalue weighted by Gasteiger charge is 2.41. The van der Waals surface area contributed by atoms with Crippen LogP contribution in [0, 0.1) is 58.4 Å². The predicted molar refractivity (Wildman–Crippen MR) is 134 cm³/mol. The maximum atomic E-state index is 14.8. The van der Waals surface area contributed by atoms with Crippen LogP contribution in [0.15, 0.2) is 54.6 Å². The van der Waals surface area contributed by atoms with Crippen molar-refractivity contribution in [3.63, 3.8) is 0 Å². The van der Waals surface area contributed by atoms with Gasteiger partial charge in [0.2, 0.25) is 0 Å². The number of hydrogen-bond donors (Lipinski definition) is 0. The highest BCUT2D eigenvalue weighted by Crippen LogP contribution is 2.38. The minimum Gasteiger partial charge on any atom is -0.429 e. The highest BCUT2D eigenvalue weighted by molar-refractivity contribution is 5.66. The summed E-state index contributed by atoms with van der Waals surface area (Å²) in [7, 11) is 0. The fourth-order valence-corrected chi connectivity index (χ4v) is 4.05. The molecular formula is C31H18F10O. The molecule has 0 N–H and O–H groups in total. The van der Waals surface area contributed by atoms with E-state index in [2.05, 4.69) is 16.6 Å². The molecule has 0 aliphatic carbocycles. The Morgan fingerprint density at radius 1 is 0.667 bits per heavy atom. The zero-order valence-corrected chi connectivity index (χ0v) is 21.5. The van der Waals surface area contributed by atoms with Crippen molar-refractivity contribution in [2.24, 2.45) is 0 Å². The summed E-state index contributed by atoms with van der Waals surface area (Å²) in [6.45, 7) is 1.88. The van der Waals surface area contributed by atoms with Gasteiger partial charge >= 0.3 is 6.11 Å². The number of alkyl halides is 2. The molecule has 1 nitrogen and oxygen atoms in total. The number of aryl methyl sites for hydroxylation is 1. The first-order chi connectivity index (χ1) is 19.8. The van der Waals surface area contributed by atoms with Crippen LogP contribution < -0.4 is 4.74 Å². The summed E-state index contributed by atoms with van der Waals surface area (Å²) in [5.41, 5.74) is -3.85. The maximum Gasteiger partial charge on any atom is 0.432 e. The molecule has 4 aromatic rings. The van der Waals surface area contributed by atoms with E-state index in [1.165, 1.54) is 0 Å². The number of rotatable bonds is 7. The molecule has 0 unspecified atom stereocenters. The molecule has 0 bridgehead atoms. The van der Waals surface area contributed by atoms with Gasteiger partial charge < -0.3 is 4.74 Å². The highest BCUT2D eigenvalue weighted by atomic mass is 19.3. The quantitative estimate of drug-likeness (QED) is 0.117. The summed E-state index contributed by atoms with van der Waals surface area (Å²) < 4.78 is 147. The summed E-state index contributed by atoms with van der Waals surface area (Å²) in [6.07, 6.45) is -2.95. The van der Waals surface area contributed by atoms with Crippen LogP contribution in [0.4, 0.5) is 43.9 Å². The molecule has 0 fully saturated rings. The Balaban J connectivity index is 1.59. The number of halogens is 10. The third-order valence-electron chi connectivity index (χ3n) is 6.05. The van der Waals surface area contributed by atoms with Crippen LogP contribution in [-0.4, -0.2) is 0 Å². The van der Waals surface area contributed by atoms with E-state index >= 15 is 0 Å². The summed E-state index contributed by atoms with van der Waals surface area (Å²) in [5.74, 6) is -8.60. The molecule has 0 atom stereocenters. The molecule has 0 heterocycles. The van der Waals surface area contributed by atoms with Gasteiger partial charge in [-0.15, -0.1) is 0 Å². The van der Waals surface area contributed by atoms with Crippen molar-refractivity contribution >= 4 is 0 Å². The molecule has 4 aromatic carbocycles. The van der Waals surface area contributed by atoms with E-state index in [0.29, 0.717) is 48.7 Å². The second-order valence-corrected chi connectivity index (χ2v) is 9.12. The number of benzene rings is 4. The molecule has 4 rings (SSSR count). The van der Waals surface area contributed by atoms with Gasteiger partial charge in [0.25, 0.3) is 0 Å². The molecule has 0 saturated heterocycles. The van der Waals surface area contributed by atoms with Crippen LogP contribution in [0.25, 0.3) is 11.1 Å². The lowest BCUT2D eigenvalue weighted by atomic mass is 9.98. The Labute approximate surface area is 233 Å². The summed E-state index contributed by atoms with van der Waals surface area (Å²) in [4.78, 5) is 0. The van der Waals surface area contributed by atoms with Gasteiger partial charge in [0, 0.05) is 11.6 Å². The molecule has 0 aliphatic rings. The maximum absolute atomic E-state index is 14.8. The van der Waals surface area contributed by atoms with Crippen molar-refractivity contribution in [3.05, 3.63) is 123 Å². The topological polar surface area (TPSA) is 9.23 Å². The molecule has 0 radical (unpaired) electrons. The predicted octanol–water partition coefficient (Wildman–Crippen LogP) is 9.34. The van der Waals surface area contributed by atoms with E-state index in [4.69, 9.17) is 0 Å². The third kappa shape index (κ3) is 6.54. The molecule has 0 spiro atoms. The summed E-state index contributed by atoms with van der Waals surface area (Å²) in [6, 6.07) is 5.79. The second kappa shape index (κ2) is 12.2. The number of hydrogen-bond acceptors (Lipinski definition) is 1. The fourth-order valence-electron chi connectivity index (χ4n) is 4.05. The minimum atomic E-state index is -4.71. The van der Waals surface area contributed by atoms with Crippen molar-refractivity contribution in [3.8, 4) is 28.7 Å². The average Bonchev–Trinajstić information content (AvgIpc) is 2.88. The van der Waals surface area contributed by atoms with Gasteiger partial charge in [-0.1, -0.05) is 25.2 Å². The van der Waals surface area contributed by atoms with Crippen LogP contribution in [0.5, 0.6) is 5.75 Å². The van der Waals surface area contributed by atoms with E-state index in [1.807, 2.05) is 6.92 Å². The van der Waals surface area contributed by atoms with Gasteiger partial charge in [-0.2, -0.15) is 8.78 Å². The lowest BCUT2D eigenvalue weighted by Crippen LogP contribution is -2.25. The molecule has 0 aliphatic heterocycles. The fraction of sp³-hybridized carbons (Fsp3) is 0.161. The Kier molecular flexibility index (Phi) is 8.85. The van der Waals surface area contributed by atoms with Crippen molar-refractivity contribution in [2.75, 3.05) is 0 Å². The Bertz CT molecular complexity index is 1650. The van der Waals surface area contributed by atoms with Crippen LogP contribution in [0.1, 0.15) is 42.0 Å². The van der Waals surface area contributed by atoms with Crippen molar-refractivity contribution < 1.29 is 48.6 Å². The minimum absolute atomic E-state index is 0.315. The first-order valence-electron chi connectivity index (χ1n) is 12.3. The van der Waals surface area contributed by atoms with Crippen molar-refractivity contribution in [1.29, 1.82) is 0 Å². The van der Waals surface area contributed by atoms with Crippen LogP contribution in [0.2, 0.25) is 0 Å². The molecule has 0 aromatic heterocycles. The monoisotopic (exact) mass is 596 g/mol. The van der Waals surface area contributed by atoms with Gasteiger partial charge in [-0.25, -0.2) is 35.1 Å². The second-order valence-electron chi connectivity index (χ2n) is 9.12. The van der Waals surface area contributed by atoms with E-state index in [-0.39, 0.29) is 5.56 Å². The average molecular weight is 596 g/mol. The standard InChI is InChI=1S/C31H18F10O/c1-2-3-4-16-9-22(33)28(23(34)10-16)19-13-24(35)29(25(36)14-19)31(40,41)42-20-8-7-18(21(32)15-20)6-5-17-11-26(37)30(39)27(38)12-17/h7-15H,2-4H2,1H3. The zero-order chi connectivity index (χ0) is 30.8. The smallest absolute Gasteiger partial charge is 0.429 e. The number of unbranched alkanes of at least 4 members (excludes halogenated alkanes) is 1. The lowest BCUT2D eigenvalue weighted by Gasteiger charge is -2.20. The first-order valence-corrected chi connectivity index (χ1v) is 12.3. The van der Waals surface area contributed by atoms with E-state index < -0.39 is 80.6 Å². The van der Waals surface area contributed by atoms with Crippen LogP contribution >= 0.6 is 0 Å². The van der Waals surface area contributed by atoms with Crippen molar-refractivity contribution in [2.45, 2.75) is 32.3 Å². The van der Waals surface area contributed by atoms with E-state index in [9.17, 15) is 43.9 Å². The van der Waals surface area contributed by atoms with Gasteiger partial charge in [-0.05, 0) is 72.5 Å². The van der Waals surface area contributed by atoms with E-state index in [1.54, 1.807) is 0 Å². The normalized spacial score (nSPS) is 11.3. The molecule has 0 amide bonds. The first kappa shape index (κ1) is 30.5. The molecule has 42 heavy (non-hydrogen) atoms. The third-order valence-corrected chi connectivity index (χ3v) is 6.05. The van der Waals surface area contributed by atoms with Gasteiger partial charge in [0.15, 0.2) is 17.5 Å². The Hall–Kier alpha value is -4.46. The number of ether oxygens (including phenoxy) is 1. The zero-order valence-electron chi connectivity index (χ0n) is 21.5. The van der Waals surface area contributed by atoms with E-state index in [0.717, 1.165) is 30.7 Å². The Morgan fingerprint density at radius 3 is 1.81 bits per heavy atom. The van der Waals surface area contributed by atoms with Gasteiger partial charge in [0.05, 0.1) is 11.1 Å². The van der Waals surface area contributed by atoms with Gasteiger partial charge in [0.1, 0.15) is 40.4 Å². The largest absolute Gasteiger partial charge is 0.432 e. The molecular weight excluding hydrogens is 578 g/mol. The molecule has 11 heteroatoms. The summed E-state index contributed by atoms with van der Waals surface area (Å²) in [5, 5.41) is 0. The summed E-state index contributed by atoms with van der Waals surface area (Å²) >= 11 is 0. The SMILES string of the molecule is CCCCc1cc(F)c(-c2cc(F)c(C(F)(F)Oc3ccc(C#Cc4cc(F)c(F)c(F)c4)c(F)c3)c(F)c2)c(F)c1.